The van der Waals surface area contributed by atoms with Crippen molar-refractivity contribution in [2.24, 2.45) is 5.92 Å². The van der Waals surface area contributed by atoms with Crippen LogP contribution < -0.4 is 10.6 Å². The van der Waals surface area contributed by atoms with Crippen molar-refractivity contribution in [3.8, 4) is 0 Å². The molecule has 0 aromatic carbocycles. The molecule has 1 fully saturated rings. The van der Waals surface area contributed by atoms with Crippen LogP contribution in [0.5, 0.6) is 0 Å². The van der Waals surface area contributed by atoms with Gasteiger partial charge in [0, 0.05) is 6.54 Å². The zero-order valence-corrected chi connectivity index (χ0v) is 9.82. The topological polar surface area (TPSA) is 41.1 Å². The average molecular weight is 216 g/mol. The lowest BCUT2D eigenvalue weighted by Crippen LogP contribution is -2.40. The summed E-state index contributed by atoms with van der Waals surface area (Å²) < 4.78 is 0. The number of carbonyl (C=O) groups is 1. The van der Waals surface area contributed by atoms with Gasteiger partial charge in [0.05, 0.1) is 5.25 Å². The largest absolute Gasteiger partial charge is 0.355 e. The molecule has 1 aliphatic rings. The minimum Gasteiger partial charge on any atom is -0.355 e. The third-order valence-corrected chi connectivity index (χ3v) is 3.61. The van der Waals surface area contributed by atoms with E-state index in [-0.39, 0.29) is 11.2 Å². The van der Waals surface area contributed by atoms with Crippen LogP contribution in [0.25, 0.3) is 0 Å². The van der Waals surface area contributed by atoms with Crippen molar-refractivity contribution in [3.05, 3.63) is 0 Å². The van der Waals surface area contributed by atoms with E-state index in [1.807, 2.05) is 13.2 Å². The molecule has 0 radical (unpaired) electrons. The van der Waals surface area contributed by atoms with E-state index in [0.29, 0.717) is 5.92 Å². The van der Waals surface area contributed by atoms with E-state index in [4.69, 9.17) is 0 Å². The molecule has 0 aromatic heterocycles. The first-order valence-electron chi connectivity index (χ1n) is 5.25. The molecule has 4 heteroatoms. The Hall–Kier alpha value is -0.220. The summed E-state index contributed by atoms with van der Waals surface area (Å²) in [5, 5.41) is 6.42. The molecule has 0 aliphatic carbocycles. The molecule has 0 aromatic rings. The van der Waals surface area contributed by atoms with Gasteiger partial charge in [0.2, 0.25) is 5.91 Å². The third-order valence-electron chi connectivity index (χ3n) is 2.69. The van der Waals surface area contributed by atoms with Gasteiger partial charge in [0.15, 0.2) is 0 Å². The first kappa shape index (κ1) is 11.9. The van der Waals surface area contributed by atoms with Gasteiger partial charge in [-0.05, 0) is 45.0 Å². The molecule has 1 heterocycles. The molecule has 0 bridgehead atoms. The van der Waals surface area contributed by atoms with E-state index < -0.39 is 0 Å². The fraction of sp³-hybridized carbons (Fsp3) is 0.900. The highest BCUT2D eigenvalue weighted by atomic mass is 32.2. The Kier molecular flexibility index (Phi) is 5.33. The van der Waals surface area contributed by atoms with Crippen LogP contribution in [0.4, 0.5) is 0 Å². The lowest BCUT2D eigenvalue weighted by atomic mass is 10.00. The van der Waals surface area contributed by atoms with Gasteiger partial charge < -0.3 is 10.6 Å². The highest BCUT2D eigenvalue weighted by Gasteiger charge is 2.15. The number of nitrogens with one attached hydrogen (secondary N) is 2. The Morgan fingerprint density at radius 2 is 2.50 bits per heavy atom. The summed E-state index contributed by atoms with van der Waals surface area (Å²) in [5.41, 5.74) is 0. The maximum absolute atomic E-state index is 11.5. The minimum absolute atomic E-state index is 0.0755. The van der Waals surface area contributed by atoms with Crippen molar-refractivity contribution >= 4 is 17.7 Å². The number of hydrogen-bond acceptors (Lipinski definition) is 3. The molecule has 1 amide bonds. The minimum atomic E-state index is 0.0755. The van der Waals surface area contributed by atoms with Gasteiger partial charge in [-0.3, -0.25) is 4.79 Å². The van der Waals surface area contributed by atoms with E-state index in [1.165, 1.54) is 12.8 Å². The normalized spacial score (nSPS) is 24.3. The highest BCUT2D eigenvalue weighted by Crippen LogP contribution is 2.09. The number of thioether (sulfide) groups is 1. The van der Waals surface area contributed by atoms with Gasteiger partial charge in [-0.15, -0.1) is 0 Å². The van der Waals surface area contributed by atoms with Crippen LogP contribution in [-0.2, 0) is 4.79 Å². The molecule has 82 valence electrons. The molecular formula is C10H20N2OS. The number of hydrogen-bond donors (Lipinski definition) is 2. The first-order valence-corrected chi connectivity index (χ1v) is 6.54. The number of amides is 1. The van der Waals surface area contributed by atoms with Gasteiger partial charge in [-0.25, -0.2) is 0 Å². The Morgan fingerprint density at radius 3 is 3.07 bits per heavy atom. The Morgan fingerprint density at radius 1 is 1.71 bits per heavy atom. The van der Waals surface area contributed by atoms with Gasteiger partial charge in [-0.2, -0.15) is 11.8 Å². The van der Waals surface area contributed by atoms with Crippen LogP contribution in [0.1, 0.15) is 19.8 Å². The van der Waals surface area contributed by atoms with E-state index in [9.17, 15) is 4.79 Å². The van der Waals surface area contributed by atoms with Crippen LogP contribution in [0.3, 0.4) is 0 Å². The second kappa shape index (κ2) is 6.30. The zero-order chi connectivity index (χ0) is 10.4. The molecule has 14 heavy (non-hydrogen) atoms. The van der Waals surface area contributed by atoms with Crippen LogP contribution in [0.2, 0.25) is 0 Å². The quantitative estimate of drug-likeness (QED) is 0.732. The van der Waals surface area contributed by atoms with E-state index in [2.05, 4.69) is 10.6 Å². The Bertz CT molecular complexity index is 181. The monoisotopic (exact) mass is 216 g/mol. The van der Waals surface area contributed by atoms with E-state index in [0.717, 1.165) is 19.6 Å². The molecule has 3 nitrogen and oxygen atoms in total. The molecule has 2 N–H and O–H groups in total. The van der Waals surface area contributed by atoms with Crippen LogP contribution in [0, 0.1) is 5.92 Å². The summed E-state index contributed by atoms with van der Waals surface area (Å²) in [6, 6.07) is 0. The number of piperidine rings is 1. The predicted molar refractivity (Wildman–Crippen MR) is 61.6 cm³/mol. The Balaban J connectivity index is 2.15. The smallest absolute Gasteiger partial charge is 0.232 e. The number of rotatable bonds is 4. The lowest BCUT2D eigenvalue weighted by Gasteiger charge is -2.23. The summed E-state index contributed by atoms with van der Waals surface area (Å²) in [5.74, 6) is 0.796. The predicted octanol–water partition coefficient (Wildman–Crippen LogP) is 0.854. The molecule has 0 unspecified atom stereocenters. The van der Waals surface area contributed by atoms with E-state index in [1.54, 1.807) is 11.8 Å². The summed E-state index contributed by atoms with van der Waals surface area (Å²) in [7, 11) is 0. The fourth-order valence-corrected chi connectivity index (χ4v) is 1.89. The van der Waals surface area contributed by atoms with Gasteiger partial charge in [0.1, 0.15) is 0 Å². The van der Waals surface area contributed by atoms with Crippen molar-refractivity contribution in [2.45, 2.75) is 25.0 Å². The number of carbonyl (C=O) groups excluding carboxylic acids is 1. The van der Waals surface area contributed by atoms with Gasteiger partial charge in [-0.1, -0.05) is 0 Å². The summed E-state index contributed by atoms with van der Waals surface area (Å²) in [4.78, 5) is 11.5. The SMILES string of the molecule is CS[C@H](C)C(=O)NC[C@@H]1CCCNC1. The standard InChI is InChI=1S/C10H20N2OS/c1-8(14-2)10(13)12-7-9-4-3-5-11-6-9/h8-9,11H,3-7H2,1-2H3,(H,12,13)/t8-,9-/m1/s1. The maximum atomic E-state index is 11.5. The van der Waals surface area contributed by atoms with Crippen molar-refractivity contribution in [2.75, 3.05) is 25.9 Å². The fourth-order valence-electron chi connectivity index (χ4n) is 1.59. The third kappa shape index (κ3) is 3.88. The Labute approximate surface area is 90.4 Å². The molecule has 1 aliphatic heterocycles. The first-order chi connectivity index (χ1) is 6.74. The second-order valence-electron chi connectivity index (χ2n) is 3.84. The summed E-state index contributed by atoms with van der Waals surface area (Å²) in [6.07, 6.45) is 4.44. The summed E-state index contributed by atoms with van der Waals surface area (Å²) in [6.45, 7) is 4.95. The molecule has 1 saturated heterocycles. The van der Waals surface area contributed by atoms with Crippen LogP contribution in [-0.4, -0.2) is 37.0 Å². The van der Waals surface area contributed by atoms with Crippen LogP contribution >= 0.6 is 11.8 Å². The molecule has 1 rings (SSSR count). The molecule has 0 spiro atoms. The molecule has 2 atom stereocenters. The van der Waals surface area contributed by atoms with Crippen molar-refractivity contribution < 1.29 is 4.79 Å². The van der Waals surface area contributed by atoms with Crippen molar-refractivity contribution in [1.29, 1.82) is 0 Å². The second-order valence-corrected chi connectivity index (χ2v) is 5.01. The van der Waals surface area contributed by atoms with Crippen molar-refractivity contribution in [3.63, 3.8) is 0 Å². The van der Waals surface area contributed by atoms with Crippen molar-refractivity contribution in [1.82, 2.24) is 10.6 Å². The molecular weight excluding hydrogens is 196 g/mol. The maximum Gasteiger partial charge on any atom is 0.232 e. The van der Waals surface area contributed by atoms with Gasteiger partial charge in [0.25, 0.3) is 0 Å². The van der Waals surface area contributed by atoms with Gasteiger partial charge >= 0.3 is 0 Å². The van der Waals surface area contributed by atoms with E-state index >= 15 is 0 Å². The summed E-state index contributed by atoms with van der Waals surface area (Å²) >= 11 is 1.59. The average Bonchev–Trinajstić information content (AvgIpc) is 2.26. The zero-order valence-electron chi connectivity index (χ0n) is 9.01. The molecule has 0 saturated carbocycles. The lowest BCUT2D eigenvalue weighted by molar-refractivity contribution is -0.120. The highest BCUT2D eigenvalue weighted by molar-refractivity contribution is 7.99. The van der Waals surface area contributed by atoms with Crippen LogP contribution in [0.15, 0.2) is 0 Å².